The van der Waals surface area contributed by atoms with Crippen LogP contribution in [0.4, 0.5) is 5.69 Å². The maximum atomic E-state index is 13.0. The van der Waals surface area contributed by atoms with Crippen LogP contribution in [-0.4, -0.2) is 43.5 Å². The van der Waals surface area contributed by atoms with Crippen LogP contribution >= 0.6 is 0 Å². The number of anilines is 1. The van der Waals surface area contributed by atoms with E-state index in [1.165, 1.54) is 12.8 Å². The highest BCUT2D eigenvalue weighted by Gasteiger charge is 2.28. The largest absolute Gasteiger partial charge is 0.493 e. The van der Waals surface area contributed by atoms with Gasteiger partial charge in [-0.2, -0.15) is 0 Å². The molecule has 0 atom stereocenters. The molecule has 2 aromatic rings. The highest BCUT2D eigenvalue weighted by Crippen LogP contribution is 2.30. The maximum absolute atomic E-state index is 13.0. The van der Waals surface area contributed by atoms with Crippen molar-refractivity contribution in [2.24, 2.45) is 5.92 Å². The summed E-state index contributed by atoms with van der Waals surface area (Å²) in [4.78, 5) is 27.4. The number of benzene rings is 2. The van der Waals surface area contributed by atoms with E-state index in [-0.39, 0.29) is 17.7 Å². The summed E-state index contributed by atoms with van der Waals surface area (Å²) in [6.07, 6.45) is 5.85. The fraction of sp³-hybridized carbons (Fsp3) is 0.462. The molecule has 1 fully saturated rings. The molecule has 0 radical (unpaired) electrons. The van der Waals surface area contributed by atoms with E-state index in [1.807, 2.05) is 41.3 Å². The minimum atomic E-state index is -0.0859. The molecule has 0 bridgehead atoms. The number of hydrogen-bond acceptors (Lipinski definition) is 4. The van der Waals surface area contributed by atoms with Crippen molar-refractivity contribution in [2.75, 3.05) is 32.1 Å². The van der Waals surface area contributed by atoms with Crippen LogP contribution in [0.3, 0.4) is 0 Å². The molecule has 6 nitrogen and oxygen atoms in total. The lowest BCUT2D eigenvalue weighted by Gasteiger charge is -2.31. The average Bonchev–Trinajstić information content (AvgIpc) is 2.84. The monoisotopic (exact) mass is 438 g/mol. The molecule has 1 N–H and O–H groups in total. The van der Waals surface area contributed by atoms with E-state index in [1.54, 1.807) is 19.2 Å². The van der Waals surface area contributed by atoms with Gasteiger partial charge in [0.1, 0.15) is 0 Å². The highest BCUT2D eigenvalue weighted by molar-refractivity contribution is 5.96. The molecule has 172 valence electrons. The summed E-state index contributed by atoms with van der Waals surface area (Å²) >= 11 is 0. The summed E-state index contributed by atoms with van der Waals surface area (Å²) < 4.78 is 11.3. The Kier molecular flexibility index (Phi) is 8.96. The lowest BCUT2D eigenvalue weighted by Crippen LogP contribution is -2.41. The van der Waals surface area contributed by atoms with Crippen molar-refractivity contribution in [3.8, 4) is 11.5 Å². The van der Waals surface area contributed by atoms with Gasteiger partial charge in [-0.1, -0.05) is 44.4 Å². The molecule has 0 saturated carbocycles. The highest BCUT2D eigenvalue weighted by atomic mass is 16.5. The minimum Gasteiger partial charge on any atom is -0.493 e. The van der Waals surface area contributed by atoms with E-state index in [9.17, 15) is 9.59 Å². The number of piperidine rings is 1. The summed E-state index contributed by atoms with van der Waals surface area (Å²) in [6.45, 7) is 3.94. The van der Waals surface area contributed by atoms with Crippen LogP contribution < -0.4 is 14.8 Å². The fourth-order valence-electron chi connectivity index (χ4n) is 3.92. The zero-order valence-electron chi connectivity index (χ0n) is 19.1. The third-order valence-corrected chi connectivity index (χ3v) is 5.86. The van der Waals surface area contributed by atoms with Crippen molar-refractivity contribution in [1.82, 2.24) is 4.90 Å². The van der Waals surface area contributed by atoms with Gasteiger partial charge < -0.3 is 19.7 Å². The standard InChI is InChI=1S/C26H34N2O4/c1-3-4-5-9-18-32-23-13-12-21(19-24(23)31-2)26(30)28-16-14-20(15-17-28)25(29)27-22-10-7-6-8-11-22/h6-8,10-13,19-20H,3-5,9,14-18H2,1-2H3,(H,27,29). The minimum absolute atomic E-state index is 0.0189. The molecule has 3 rings (SSSR count). The molecule has 1 aliphatic heterocycles. The molecule has 6 heteroatoms. The van der Waals surface area contributed by atoms with Crippen molar-refractivity contribution in [3.63, 3.8) is 0 Å². The third-order valence-electron chi connectivity index (χ3n) is 5.86. The number of amides is 2. The summed E-state index contributed by atoms with van der Waals surface area (Å²) in [5.74, 6) is 1.13. The molecular weight excluding hydrogens is 404 g/mol. The zero-order chi connectivity index (χ0) is 22.8. The zero-order valence-corrected chi connectivity index (χ0v) is 19.1. The van der Waals surface area contributed by atoms with Gasteiger partial charge in [-0.15, -0.1) is 0 Å². The lowest BCUT2D eigenvalue weighted by atomic mass is 9.95. The predicted octanol–water partition coefficient (Wildman–Crippen LogP) is 5.15. The third kappa shape index (κ3) is 6.49. The second-order valence-corrected chi connectivity index (χ2v) is 8.20. The number of ether oxygens (including phenoxy) is 2. The number of unbranched alkanes of at least 4 members (excludes halogenated alkanes) is 3. The second-order valence-electron chi connectivity index (χ2n) is 8.20. The van der Waals surface area contributed by atoms with Gasteiger partial charge in [0, 0.05) is 30.3 Å². The van der Waals surface area contributed by atoms with Gasteiger partial charge in [-0.05, 0) is 49.6 Å². The smallest absolute Gasteiger partial charge is 0.253 e. The van der Waals surface area contributed by atoms with Crippen molar-refractivity contribution in [2.45, 2.75) is 45.4 Å². The van der Waals surface area contributed by atoms with Gasteiger partial charge in [0.2, 0.25) is 5.91 Å². The van der Waals surface area contributed by atoms with Crippen LogP contribution in [0.2, 0.25) is 0 Å². The van der Waals surface area contributed by atoms with Crippen molar-refractivity contribution in [1.29, 1.82) is 0 Å². The number of carbonyl (C=O) groups is 2. The molecular formula is C26H34N2O4. The number of carbonyl (C=O) groups excluding carboxylic acids is 2. The van der Waals surface area contributed by atoms with E-state index >= 15 is 0 Å². The van der Waals surface area contributed by atoms with Gasteiger partial charge in [-0.3, -0.25) is 9.59 Å². The van der Waals surface area contributed by atoms with Crippen molar-refractivity contribution >= 4 is 17.5 Å². The second kappa shape index (κ2) is 12.1. The first kappa shape index (κ1) is 23.6. The summed E-state index contributed by atoms with van der Waals surface area (Å²) in [7, 11) is 1.59. The Morgan fingerprint density at radius 3 is 2.44 bits per heavy atom. The normalized spacial score (nSPS) is 14.1. The maximum Gasteiger partial charge on any atom is 0.253 e. The van der Waals surface area contributed by atoms with E-state index in [4.69, 9.17) is 9.47 Å². The number of para-hydroxylation sites is 1. The van der Waals surface area contributed by atoms with Crippen LogP contribution in [0.25, 0.3) is 0 Å². The van der Waals surface area contributed by atoms with E-state index < -0.39 is 0 Å². The quantitative estimate of drug-likeness (QED) is 0.521. The van der Waals surface area contributed by atoms with Crippen LogP contribution in [0.5, 0.6) is 11.5 Å². The molecule has 0 aromatic heterocycles. The first-order chi connectivity index (χ1) is 15.6. The molecule has 0 spiro atoms. The lowest BCUT2D eigenvalue weighted by molar-refractivity contribution is -0.121. The van der Waals surface area contributed by atoms with E-state index in [0.29, 0.717) is 49.6 Å². The summed E-state index contributed by atoms with van der Waals surface area (Å²) in [6, 6.07) is 14.8. The van der Waals surface area contributed by atoms with Gasteiger partial charge in [-0.25, -0.2) is 0 Å². The number of methoxy groups -OCH3 is 1. The Hall–Kier alpha value is -3.02. The van der Waals surface area contributed by atoms with Gasteiger partial charge >= 0.3 is 0 Å². The van der Waals surface area contributed by atoms with E-state index in [0.717, 1.165) is 18.5 Å². The molecule has 2 aromatic carbocycles. The molecule has 0 aliphatic carbocycles. The Morgan fingerprint density at radius 1 is 1.00 bits per heavy atom. The number of likely N-dealkylation sites (tertiary alicyclic amines) is 1. The SMILES string of the molecule is CCCCCCOc1ccc(C(=O)N2CCC(C(=O)Nc3ccccc3)CC2)cc1OC. The average molecular weight is 439 g/mol. The molecule has 1 saturated heterocycles. The molecule has 32 heavy (non-hydrogen) atoms. The van der Waals surface area contributed by atoms with E-state index in [2.05, 4.69) is 12.2 Å². The van der Waals surface area contributed by atoms with Crippen LogP contribution in [0, 0.1) is 5.92 Å². The number of nitrogens with one attached hydrogen (secondary N) is 1. The topological polar surface area (TPSA) is 67.9 Å². The summed E-state index contributed by atoms with van der Waals surface area (Å²) in [5.41, 5.74) is 1.38. The first-order valence-electron chi connectivity index (χ1n) is 11.6. The molecule has 2 amide bonds. The molecule has 1 aliphatic rings. The van der Waals surface area contributed by atoms with Crippen LogP contribution in [0.1, 0.15) is 55.8 Å². The Morgan fingerprint density at radius 2 is 1.75 bits per heavy atom. The molecule has 1 heterocycles. The van der Waals surface area contributed by atoms with Crippen molar-refractivity contribution in [3.05, 3.63) is 54.1 Å². The number of nitrogens with zero attached hydrogens (tertiary/aromatic N) is 1. The first-order valence-corrected chi connectivity index (χ1v) is 11.6. The van der Waals surface area contributed by atoms with Crippen LogP contribution in [0.15, 0.2) is 48.5 Å². The van der Waals surface area contributed by atoms with Gasteiger partial charge in [0.15, 0.2) is 11.5 Å². The Bertz CT molecular complexity index is 877. The van der Waals surface area contributed by atoms with Crippen molar-refractivity contribution < 1.29 is 19.1 Å². The van der Waals surface area contributed by atoms with Gasteiger partial charge in [0.05, 0.1) is 13.7 Å². The Labute approximate surface area is 190 Å². The predicted molar refractivity (Wildman–Crippen MR) is 126 cm³/mol. The Balaban J connectivity index is 1.52. The fourth-order valence-corrected chi connectivity index (χ4v) is 3.92. The number of rotatable bonds is 10. The van der Waals surface area contributed by atoms with Gasteiger partial charge in [0.25, 0.3) is 5.91 Å². The summed E-state index contributed by atoms with van der Waals surface area (Å²) in [5, 5.41) is 2.96. The molecule has 0 unspecified atom stereocenters. The number of hydrogen-bond donors (Lipinski definition) is 1. The van der Waals surface area contributed by atoms with Crippen LogP contribution in [-0.2, 0) is 4.79 Å².